The minimum absolute atomic E-state index is 0.112. The molecule has 1 aromatic carbocycles. The molecule has 0 aliphatic heterocycles. The van der Waals surface area contributed by atoms with Crippen LogP contribution in [0.25, 0.3) is 22.6 Å². The predicted octanol–water partition coefficient (Wildman–Crippen LogP) is 0.846. The molecule has 0 fully saturated rings. The van der Waals surface area contributed by atoms with Crippen LogP contribution in [0.5, 0.6) is 0 Å². The molecule has 0 radical (unpaired) electrons. The van der Waals surface area contributed by atoms with Gasteiger partial charge >= 0.3 is 5.69 Å². The highest BCUT2D eigenvalue weighted by molar-refractivity contribution is 5.74. The highest BCUT2D eigenvalue weighted by atomic mass is 19.1. The number of aliphatic hydroxyl groups excluding tert-OH is 1. The van der Waals surface area contributed by atoms with Crippen LogP contribution < -0.4 is 11.2 Å². The van der Waals surface area contributed by atoms with Crippen molar-refractivity contribution in [3.63, 3.8) is 0 Å². The van der Waals surface area contributed by atoms with Gasteiger partial charge in [0.2, 0.25) is 0 Å². The Morgan fingerprint density at radius 1 is 1.21 bits per heavy atom. The van der Waals surface area contributed by atoms with Gasteiger partial charge in [0.05, 0.1) is 18.3 Å². The first-order chi connectivity index (χ1) is 13.5. The quantitative estimate of drug-likeness (QED) is 0.455. The number of rotatable bonds is 6. The molecule has 0 unspecified atom stereocenters. The first-order valence-electron chi connectivity index (χ1n) is 8.66. The number of fused-ring (bicyclic) bond motifs is 1. The number of H-pyrrole nitrogens is 2. The lowest BCUT2D eigenvalue weighted by atomic mass is 10.2. The third-order valence-electron chi connectivity index (χ3n) is 4.31. The van der Waals surface area contributed by atoms with Crippen LogP contribution in [0, 0.1) is 5.82 Å². The summed E-state index contributed by atoms with van der Waals surface area (Å²) >= 11 is 0. The number of benzene rings is 1. The Labute approximate surface area is 157 Å². The number of aromatic amines is 2. The van der Waals surface area contributed by atoms with E-state index < -0.39 is 11.2 Å². The van der Waals surface area contributed by atoms with Crippen molar-refractivity contribution in [3.05, 3.63) is 68.9 Å². The monoisotopic (exact) mass is 384 g/mol. The van der Waals surface area contributed by atoms with E-state index in [0.717, 1.165) is 10.1 Å². The van der Waals surface area contributed by atoms with Crippen LogP contribution in [-0.4, -0.2) is 41.0 Å². The molecule has 0 spiro atoms. The molecule has 28 heavy (non-hydrogen) atoms. The summed E-state index contributed by atoms with van der Waals surface area (Å²) in [5.41, 5.74) is 0.627. The van der Waals surface area contributed by atoms with Gasteiger partial charge in [-0.25, -0.2) is 14.2 Å². The number of imidazole rings is 1. The number of hydrogen-bond donors (Lipinski definition) is 3. The molecule has 10 heteroatoms. The maximum Gasteiger partial charge on any atom is 0.330 e. The number of aromatic nitrogens is 6. The summed E-state index contributed by atoms with van der Waals surface area (Å²) < 4.78 is 16.0. The standard InChI is InChI=1S/C18H17FN6O3/c19-13-4-1-3-11(7-13)9-24-10-12(8-20-24)15-21-14-16(22-15)23-18(28)25(17(14)27)5-2-6-26/h1,3-4,7-8,10,26H,2,5-6,9H2,(H,21,22)(H,23,28). The van der Waals surface area contributed by atoms with E-state index in [0.29, 0.717) is 24.4 Å². The predicted molar refractivity (Wildman–Crippen MR) is 99.4 cm³/mol. The zero-order chi connectivity index (χ0) is 19.7. The molecular weight excluding hydrogens is 367 g/mol. The van der Waals surface area contributed by atoms with Crippen molar-refractivity contribution >= 4 is 11.2 Å². The topological polar surface area (TPSA) is 122 Å². The van der Waals surface area contributed by atoms with Gasteiger partial charge in [-0.3, -0.25) is 19.0 Å². The number of nitrogens with one attached hydrogen (secondary N) is 2. The van der Waals surface area contributed by atoms with E-state index in [1.54, 1.807) is 29.2 Å². The molecular formula is C18H17FN6O3. The zero-order valence-electron chi connectivity index (χ0n) is 14.7. The SMILES string of the molecule is O=c1[nH]c2nc(-c3cnn(Cc4cccc(F)c4)c3)[nH]c2c(=O)n1CCCO. The average molecular weight is 384 g/mol. The third-order valence-corrected chi connectivity index (χ3v) is 4.31. The van der Waals surface area contributed by atoms with Gasteiger partial charge in [0.15, 0.2) is 5.65 Å². The lowest BCUT2D eigenvalue weighted by molar-refractivity contribution is 0.278. The lowest BCUT2D eigenvalue weighted by Crippen LogP contribution is -2.35. The number of nitrogens with zero attached hydrogens (tertiary/aromatic N) is 4. The average Bonchev–Trinajstić information content (AvgIpc) is 3.28. The van der Waals surface area contributed by atoms with E-state index in [2.05, 4.69) is 20.1 Å². The van der Waals surface area contributed by atoms with Crippen LogP contribution in [0.4, 0.5) is 4.39 Å². The van der Waals surface area contributed by atoms with E-state index >= 15 is 0 Å². The Morgan fingerprint density at radius 3 is 2.86 bits per heavy atom. The van der Waals surface area contributed by atoms with Gasteiger partial charge in [-0.15, -0.1) is 0 Å². The van der Waals surface area contributed by atoms with Crippen molar-refractivity contribution in [2.45, 2.75) is 19.5 Å². The van der Waals surface area contributed by atoms with Crippen LogP contribution in [0.1, 0.15) is 12.0 Å². The van der Waals surface area contributed by atoms with E-state index in [-0.39, 0.29) is 30.1 Å². The molecule has 144 valence electrons. The van der Waals surface area contributed by atoms with Crippen molar-refractivity contribution in [1.29, 1.82) is 0 Å². The molecule has 0 saturated carbocycles. The fourth-order valence-corrected chi connectivity index (χ4v) is 2.98. The summed E-state index contributed by atoms with van der Waals surface area (Å²) in [6, 6.07) is 6.24. The van der Waals surface area contributed by atoms with E-state index in [4.69, 9.17) is 5.11 Å². The highest BCUT2D eigenvalue weighted by Crippen LogP contribution is 2.17. The summed E-state index contributed by atoms with van der Waals surface area (Å²) in [6.07, 6.45) is 3.58. The minimum atomic E-state index is -0.578. The second kappa shape index (κ2) is 7.24. The molecule has 0 saturated heterocycles. The Bertz CT molecular complexity index is 1250. The summed E-state index contributed by atoms with van der Waals surface area (Å²) in [5, 5.41) is 13.2. The minimum Gasteiger partial charge on any atom is -0.396 e. The second-order valence-corrected chi connectivity index (χ2v) is 6.33. The Morgan fingerprint density at radius 2 is 2.07 bits per heavy atom. The first-order valence-corrected chi connectivity index (χ1v) is 8.66. The van der Waals surface area contributed by atoms with E-state index in [9.17, 15) is 14.0 Å². The Kier molecular flexibility index (Phi) is 4.62. The second-order valence-electron chi connectivity index (χ2n) is 6.33. The molecule has 0 atom stereocenters. The molecule has 3 N–H and O–H groups in total. The van der Waals surface area contributed by atoms with Crippen LogP contribution in [-0.2, 0) is 13.1 Å². The van der Waals surface area contributed by atoms with Gasteiger partial charge < -0.3 is 10.1 Å². The largest absolute Gasteiger partial charge is 0.396 e. The van der Waals surface area contributed by atoms with Crippen LogP contribution in [0.15, 0.2) is 46.2 Å². The number of hydrogen-bond acceptors (Lipinski definition) is 5. The van der Waals surface area contributed by atoms with Crippen molar-refractivity contribution < 1.29 is 9.50 Å². The molecule has 3 aromatic heterocycles. The van der Waals surface area contributed by atoms with Crippen molar-refractivity contribution in [2.75, 3.05) is 6.61 Å². The molecule has 4 rings (SSSR count). The van der Waals surface area contributed by atoms with Gasteiger partial charge in [-0.1, -0.05) is 12.1 Å². The number of halogens is 1. The normalized spacial score (nSPS) is 11.4. The first kappa shape index (κ1) is 17.9. The summed E-state index contributed by atoms with van der Waals surface area (Å²) in [7, 11) is 0. The summed E-state index contributed by atoms with van der Waals surface area (Å²) in [4.78, 5) is 34.3. The smallest absolute Gasteiger partial charge is 0.330 e. The number of aliphatic hydroxyl groups is 1. The Hall–Kier alpha value is -3.53. The van der Waals surface area contributed by atoms with Gasteiger partial charge in [-0.05, 0) is 24.1 Å². The molecule has 3 heterocycles. The summed E-state index contributed by atoms with van der Waals surface area (Å²) in [5.74, 6) is 0.0664. The maximum atomic E-state index is 13.3. The fourth-order valence-electron chi connectivity index (χ4n) is 2.98. The molecule has 0 aliphatic rings. The van der Waals surface area contributed by atoms with Crippen LogP contribution in [0.2, 0.25) is 0 Å². The van der Waals surface area contributed by atoms with Crippen LogP contribution in [0.3, 0.4) is 0 Å². The zero-order valence-corrected chi connectivity index (χ0v) is 14.7. The van der Waals surface area contributed by atoms with Crippen LogP contribution >= 0.6 is 0 Å². The van der Waals surface area contributed by atoms with Crippen molar-refractivity contribution in [3.8, 4) is 11.4 Å². The van der Waals surface area contributed by atoms with Gasteiger partial charge in [-0.2, -0.15) is 5.10 Å². The van der Waals surface area contributed by atoms with E-state index in [1.807, 2.05) is 0 Å². The summed E-state index contributed by atoms with van der Waals surface area (Å²) in [6.45, 7) is 0.367. The third kappa shape index (κ3) is 3.37. The maximum absolute atomic E-state index is 13.3. The van der Waals surface area contributed by atoms with E-state index in [1.165, 1.54) is 12.1 Å². The van der Waals surface area contributed by atoms with Crippen molar-refractivity contribution in [2.24, 2.45) is 0 Å². The van der Waals surface area contributed by atoms with Gasteiger partial charge in [0.1, 0.15) is 17.2 Å². The van der Waals surface area contributed by atoms with Gasteiger partial charge in [0, 0.05) is 19.3 Å². The molecule has 4 aromatic rings. The Balaban J connectivity index is 1.66. The molecule has 0 aliphatic carbocycles. The lowest BCUT2D eigenvalue weighted by Gasteiger charge is -2.01. The molecule has 9 nitrogen and oxygen atoms in total. The van der Waals surface area contributed by atoms with Crippen molar-refractivity contribution in [1.82, 2.24) is 29.3 Å². The van der Waals surface area contributed by atoms with Gasteiger partial charge in [0.25, 0.3) is 5.56 Å². The molecule has 0 amide bonds. The highest BCUT2D eigenvalue weighted by Gasteiger charge is 2.14. The fraction of sp³-hybridized carbons (Fsp3) is 0.222. The molecule has 0 bridgehead atoms.